The van der Waals surface area contributed by atoms with Crippen LogP contribution in [0.3, 0.4) is 0 Å². The second kappa shape index (κ2) is 5.41. The third-order valence-corrected chi connectivity index (χ3v) is 2.74. The quantitative estimate of drug-likeness (QED) is 0.713. The number of benzene rings is 1. The summed E-state index contributed by atoms with van der Waals surface area (Å²) in [6, 6.07) is 3.86. The summed E-state index contributed by atoms with van der Waals surface area (Å²) in [6.07, 6.45) is 0.713. The van der Waals surface area contributed by atoms with Gasteiger partial charge in [0.1, 0.15) is 0 Å². The van der Waals surface area contributed by atoms with E-state index in [0.717, 1.165) is 5.56 Å². The van der Waals surface area contributed by atoms with Gasteiger partial charge >= 0.3 is 0 Å². The van der Waals surface area contributed by atoms with E-state index in [2.05, 4.69) is 26.1 Å². The summed E-state index contributed by atoms with van der Waals surface area (Å²) in [5.74, 6) is -0.422. The van der Waals surface area contributed by atoms with Gasteiger partial charge in [-0.2, -0.15) is 0 Å². The number of phenols is 2. The number of hydrogen-bond acceptors (Lipinski definition) is 3. The predicted molar refractivity (Wildman–Crippen MR) is 66.2 cm³/mol. The molecule has 3 nitrogen and oxygen atoms in total. The Kier molecular flexibility index (Phi) is 4.44. The van der Waals surface area contributed by atoms with Gasteiger partial charge in [0.15, 0.2) is 11.5 Å². The molecule has 0 aliphatic carbocycles. The van der Waals surface area contributed by atoms with Crippen molar-refractivity contribution in [3.05, 3.63) is 22.7 Å². The first kappa shape index (κ1) is 13.1. The van der Waals surface area contributed by atoms with Crippen LogP contribution in [0, 0.1) is 0 Å². The van der Waals surface area contributed by atoms with Crippen LogP contribution >= 0.6 is 11.6 Å². The topological polar surface area (TPSA) is 52.5 Å². The monoisotopic (exact) mass is 243 g/mol. The molecular formula is C12H18ClNO2. The molecule has 0 heterocycles. The molecule has 0 aromatic heterocycles. The molecule has 0 saturated carbocycles. The number of halogens is 1. The number of phenolic OH excluding ortho intramolecular Hbond substituents is 2. The summed E-state index contributed by atoms with van der Waals surface area (Å²) in [7, 11) is 0. The maximum Gasteiger partial charge on any atom is 0.176 e. The summed E-state index contributed by atoms with van der Waals surface area (Å²) >= 11 is 5.94. The van der Waals surface area contributed by atoms with Gasteiger partial charge in [0.25, 0.3) is 0 Å². The molecule has 0 amide bonds. The molecule has 4 heteroatoms. The van der Waals surface area contributed by atoms with E-state index < -0.39 is 0 Å². The summed E-state index contributed by atoms with van der Waals surface area (Å²) in [4.78, 5) is 0. The average Bonchev–Trinajstić information content (AvgIpc) is 2.18. The van der Waals surface area contributed by atoms with E-state index in [1.165, 1.54) is 6.07 Å². The Bertz CT molecular complexity index is 366. The molecule has 0 bridgehead atoms. The van der Waals surface area contributed by atoms with Gasteiger partial charge in [-0.1, -0.05) is 31.5 Å². The molecule has 0 spiro atoms. The zero-order valence-electron chi connectivity index (χ0n) is 9.79. The fraction of sp³-hybridized carbons (Fsp3) is 0.500. The first-order chi connectivity index (χ1) is 7.41. The fourth-order valence-electron chi connectivity index (χ4n) is 1.71. The molecule has 16 heavy (non-hydrogen) atoms. The predicted octanol–water partition coefficient (Wildman–Crippen LogP) is 2.68. The number of nitrogens with one attached hydrogen (secondary N) is 1. The van der Waals surface area contributed by atoms with Crippen molar-refractivity contribution in [2.45, 2.75) is 39.3 Å². The van der Waals surface area contributed by atoms with E-state index >= 15 is 0 Å². The highest BCUT2D eigenvalue weighted by Crippen LogP contribution is 2.35. The van der Waals surface area contributed by atoms with Gasteiger partial charge in [-0.05, 0) is 25.0 Å². The maximum atomic E-state index is 9.48. The molecule has 1 atom stereocenters. The number of rotatable bonds is 4. The van der Waals surface area contributed by atoms with Crippen molar-refractivity contribution in [3.8, 4) is 11.5 Å². The molecule has 0 saturated heterocycles. The lowest BCUT2D eigenvalue weighted by Gasteiger charge is -2.17. The molecule has 1 aromatic carbocycles. The van der Waals surface area contributed by atoms with Crippen molar-refractivity contribution in [2.75, 3.05) is 0 Å². The smallest absolute Gasteiger partial charge is 0.176 e. The third kappa shape index (κ3) is 3.29. The first-order valence-corrected chi connectivity index (χ1v) is 5.75. The zero-order valence-corrected chi connectivity index (χ0v) is 10.5. The molecule has 90 valence electrons. The summed E-state index contributed by atoms with van der Waals surface area (Å²) in [5.41, 5.74) is 0.831. The van der Waals surface area contributed by atoms with Crippen LogP contribution in [0.15, 0.2) is 12.1 Å². The van der Waals surface area contributed by atoms with Gasteiger partial charge in [-0.3, -0.25) is 0 Å². The molecular weight excluding hydrogens is 226 g/mol. The second-order valence-electron chi connectivity index (χ2n) is 4.33. The van der Waals surface area contributed by atoms with E-state index in [4.69, 9.17) is 11.6 Å². The van der Waals surface area contributed by atoms with Gasteiger partial charge in [0, 0.05) is 12.1 Å². The Balaban J connectivity index is 2.78. The second-order valence-corrected chi connectivity index (χ2v) is 4.71. The summed E-state index contributed by atoms with van der Waals surface area (Å²) in [5, 5.41) is 22.3. The Morgan fingerprint density at radius 1 is 1.25 bits per heavy atom. The van der Waals surface area contributed by atoms with Crippen molar-refractivity contribution in [1.82, 2.24) is 5.32 Å². The largest absolute Gasteiger partial charge is 0.504 e. The maximum absolute atomic E-state index is 9.48. The van der Waals surface area contributed by atoms with Crippen molar-refractivity contribution >= 4 is 11.6 Å². The minimum Gasteiger partial charge on any atom is -0.504 e. The highest BCUT2D eigenvalue weighted by molar-refractivity contribution is 6.33. The Hall–Kier alpha value is -0.930. The van der Waals surface area contributed by atoms with Crippen LogP contribution in [0.1, 0.15) is 26.3 Å². The van der Waals surface area contributed by atoms with Crippen molar-refractivity contribution in [3.63, 3.8) is 0 Å². The van der Waals surface area contributed by atoms with Crippen LogP contribution in [0.4, 0.5) is 0 Å². The van der Waals surface area contributed by atoms with Gasteiger partial charge < -0.3 is 15.5 Å². The molecule has 0 aliphatic heterocycles. The van der Waals surface area contributed by atoms with Gasteiger partial charge in [-0.25, -0.2) is 0 Å². The highest BCUT2D eigenvalue weighted by atomic mass is 35.5. The van der Waals surface area contributed by atoms with Crippen LogP contribution in [0.25, 0.3) is 0 Å². The fourth-order valence-corrected chi connectivity index (χ4v) is 1.95. The Morgan fingerprint density at radius 3 is 2.44 bits per heavy atom. The van der Waals surface area contributed by atoms with Gasteiger partial charge in [-0.15, -0.1) is 0 Å². The number of hydrogen-bond donors (Lipinski definition) is 3. The zero-order chi connectivity index (χ0) is 12.3. The van der Waals surface area contributed by atoms with Gasteiger partial charge in [0.2, 0.25) is 0 Å². The van der Waals surface area contributed by atoms with Crippen LogP contribution in [-0.2, 0) is 6.42 Å². The summed E-state index contributed by atoms with van der Waals surface area (Å²) in [6.45, 7) is 6.21. The van der Waals surface area contributed by atoms with E-state index in [1.807, 2.05) is 0 Å². The Labute approximate surface area is 101 Å². The molecule has 0 radical (unpaired) electrons. The minimum absolute atomic E-state index is 0.182. The minimum atomic E-state index is -0.240. The van der Waals surface area contributed by atoms with Crippen molar-refractivity contribution in [1.29, 1.82) is 0 Å². The van der Waals surface area contributed by atoms with Crippen LogP contribution < -0.4 is 5.32 Å². The van der Waals surface area contributed by atoms with Crippen LogP contribution in [-0.4, -0.2) is 22.3 Å². The molecule has 1 aromatic rings. The number of aromatic hydroxyl groups is 2. The van der Waals surface area contributed by atoms with Crippen LogP contribution in [0.2, 0.25) is 5.02 Å². The van der Waals surface area contributed by atoms with E-state index in [1.54, 1.807) is 6.07 Å². The summed E-state index contributed by atoms with van der Waals surface area (Å²) < 4.78 is 0. The highest BCUT2D eigenvalue weighted by Gasteiger charge is 2.12. The normalized spacial score (nSPS) is 13.1. The van der Waals surface area contributed by atoms with Gasteiger partial charge in [0.05, 0.1) is 5.02 Å². The molecule has 1 unspecified atom stereocenters. The van der Waals surface area contributed by atoms with E-state index in [9.17, 15) is 10.2 Å². The van der Waals surface area contributed by atoms with Crippen molar-refractivity contribution in [2.24, 2.45) is 0 Å². The third-order valence-electron chi connectivity index (χ3n) is 2.32. The van der Waals surface area contributed by atoms with E-state index in [0.29, 0.717) is 12.5 Å². The lowest BCUT2D eigenvalue weighted by atomic mass is 10.1. The lowest BCUT2D eigenvalue weighted by Crippen LogP contribution is -2.33. The molecule has 0 fully saturated rings. The average molecular weight is 244 g/mol. The first-order valence-electron chi connectivity index (χ1n) is 5.37. The standard InChI is InChI=1S/C12H18ClNO2/c1-7(2)14-8(3)6-9-4-5-10(15)12(16)11(9)13/h4-5,7-8,14-16H,6H2,1-3H3. The SMILES string of the molecule is CC(C)NC(C)Cc1ccc(O)c(O)c1Cl. The lowest BCUT2D eigenvalue weighted by molar-refractivity contribution is 0.402. The van der Waals surface area contributed by atoms with Crippen molar-refractivity contribution < 1.29 is 10.2 Å². The van der Waals surface area contributed by atoms with E-state index in [-0.39, 0.29) is 22.6 Å². The molecule has 0 aliphatic rings. The van der Waals surface area contributed by atoms with Crippen LogP contribution in [0.5, 0.6) is 11.5 Å². The molecule has 1 rings (SSSR count). The Morgan fingerprint density at radius 2 is 1.88 bits per heavy atom. The molecule has 3 N–H and O–H groups in total.